The van der Waals surface area contributed by atoms with E-state index in [4.69, 9.17) is 15.2 Å². The van der Waals surface area contributed by atoms with Gasteiger partial charge in [0.05, 0.1) is 20.8 Å². The Morgan fingerprint density at radius 1 is 0.962 bits per heavy atom. The largest absolute Gasteiger partial charge is 0.493 e. The lowest BCUT2D eigenvalue weighted by Crippen LogP contribution is -2.24. The van der Waals surface area contributed by atoms with Crippen LogP contribution >= 0.6 is 24.0 Å². The van der Waals surface area contributed by atoms with E-state index in [2.05, 4.69) is 42.4 Å². The molecule has 0 saturated heterocycles. The van der Waals surface area contributed by atoms with Gasteiger partial charge in [-0.25, -0.2) is 4.99 Å². The highest BCUT2D eigenvalue weighted by Crippen LogP contribution is 2.31. The van der Waals surface area contributed by atoms with Crippen LogP contribution in [0, 0.1) is 0 Å². The minimum atomic E-state index is 0. The molecule has 0 aliphatic heterocycles. The summed E-state index contributed by atoms with van der Waals surface area (Å²) in [6, 6.07) is 12.0. The molecule has 0 atom stereocenters. The quantitative estimate of drug-likeness (QED) is 0.359. The van der Waals surface area contributed by atoms with Crippen LogP contribution in [0.4, 0.5) is 5.69 Å². The number of methoxy groups -OCH3 is 2. The predicted molar refractivity (Wildman–Crippen MR) is 119 cm³/mol. The third-order valence-electron chi connectivity index (χ3n) is 4.16. The molecule has 5 nitrogen and oxygen atoms in total. The van der Waals surface area contributed by atoms with Gasteiger partial charge in [0.2, 0.25) is 0 Å². The number of ether oxygens (including phenoxy) is 2. The fraction of sp³-hybridized carbons (Fsp3) is 0.350. The van der Waals surface area contributed by atoms with Crippen LogP contribution in [-0.4, -0.2) is 20.2 Å². The zero-order valence-electron chi connectivity index (χ0n) is 15.8. The molecule has 0 amide bonds. The van der Waals surface area contributed by atoms with Crippen LogP contribution in [-0.2, 0) is 19.4 Å². The molecule has 0 saturated carbocycles. The standard InChI is InChI=1S/C20H27N3O2.HI/c1-5-14-9-7-10-15(6-2)18(14)23-20(21)22-13-16-11-8-12-17(24-3)19(16)25-4;/h7-12H,5-6,13H2,1-4H3,(H3,21,22,23);1H. The van der Waals surface area contributed by atoms with Crippen LogP contribution < -0.4 is 20.5 Å². The average molecular weight is 469 g/mol. The molecule has 0 unspecified atom stereocenters. The number of anilines is 1. The minimum Gasteiger partial charge on any atom is -0.493 e. The van der Waals surface area contributed by atoms with E-state index in [-0.39, 0.29) is 24.0 Å². The Morgan fingerprint density at radius 2 is 1.54 bits per heavy atom. The molecule has 0 aliphatic carbocycles. The first kappa shape index (κ1) is 22.1. The molecule has 142 valence electrons. The Kier molecular flexibility index (Phi) is 9.26. The van der Waals surface area contributed by atoms with E-state index < -0.39 is 0 Å². The molecule has 0 bridgehead atoms. The van der Waals surface area contributed by atoms with Crippen molar-refractivity contribution < 1.29 is 9.47 Å². The van der Waals surface area contributed by atoms with Crippen LogP contribution in [0.1, 0.15) is 30.5 Å². The molecule has 2 aromatic carbocycles. The van der Waals surface area contributed by atoms with Crippen molar-refractivity contribution >= 4 is 35.6 Å². The molecular formula is C20H28IN3O2. The average Bonchev–Trinajstić information content (AvgIpc) is 2.65. The summed E-state index contributed by atoms with van der Waals surface area (Å²) < 4.78 is 10.8. The summed E-state index contributed by atoms with van der Waals surface area (Å²) in [4.78, 5) is 4.47. The van der Waals surface area contributed by atoms with Gasteiger partial charge in [-0.15, -0.1) is 24.0 Å². The summed E-state index contributed by atoms with van der Waals surface area (Å²) in [6.45, 7) is 4.68. The first-order chi connectivity index (χ1) is 12.1. The first-order valence-electron chi connectivity index (χ1n) is 8.52. The summed E-state index contributed by atoms with van der Waals surface area (Å²) in [5, 5.41) is 3.27. The number of benzene rings is 2. The van der Waals surface area contributed by atoms with Gasteiger partial charge >= 0.3 is 0 Å². The number of para-hydroxylation sites is 2. The van der Waals surface area contributed by atoms with Crippen LogP contribution in [0.5, 0.6) is 11.5 Å². The monoisotopic (exact) mass is 469 g/mol. The maximum Gasteiger partial charge on any atom is 0.193 e. The molecule has 2 rings (SSSR count). The minimum absolute atomic E-state index is 0. The summed E-state index contributed by atoms with van der Waals surface area (Å²) in [5.74, 6) is 1.76. The SMILES string of the molecule is CCc1cccc(CC)c1NC(N)=NCc1cccc(OC)c1OC.I. The number of nitrogens with zero attached hydrogens (tertiary/aromatic N) is 1. The van der Waals surface area contributed by atoms with E-state index in [9.17, 15) is 0 Å². The van der Waals surface area contributed by atoms with Crippen molar-refractivity contribution in [3.05, 3.63) is 53.1 Å². The third-order valence-corrected chi connectivity index (χ3v) is 4.16. The van der Waals surface area contributed by atoms with Crippen molar-refractivity contribution in [3.63, 3.8) is 0 Å². The molecule has 6 heteroatoms. The molecule has 0 fully saturated rings. The zero-order chi connectivity index (χ0) is 18.2. The van der Waals surface area contributed by atoms with Gasteiger partial charge in [-0.3, -0.25) is 0 Å². The Hall–Kier alpha value is -1.96. The molecule has 0 radical (unpaired) electrons. The number of hydrogen-bond acceptors (Lipinski definition) is 3. The number of aliphatic imine (C=N–C) groups is 1. The Balaban J connectivity index is 0.00000338. The molecule has 0 spiro atoms. The molecular weight excluding hydrogens is 441 g/mol. The predicted octanol–water partition coefficient (Wildman–Crippen LogP) is 4.37. The number of guanidine groups is 1. The lowest BCUT2D eigenvalue weighted by atomic mass is 10.0. The molecule has 0 heterocycles. The van der Waals surface area contributed by atoms with Crippen LogP contribution in [0.3, 0.4) is 0 Å². The van der Waals surface area contributed by atoms with Gasteiger partial charge in [0.25, 0.3) is 0 Å². The third kappa shape index (κ3) is 5.27. The second-order valence-electron chi connectivity index (χ2n) is 5.64. The van der Waals surface area contributed by atoms with Gasteiger partial charge in [0.1, 0.15) is 0 Å². The van der Waals surface area contributed by atoms with Gasteiger partial charge in [0, 0.05) is 11.3 Å². The molecule has 2 aromatic rings. The van der Waals surface area contributed by atoms with E-state index >= 15 is 0 Å². The highest BCUT2D eigenvalue weighted by molar-refractivity contribution is 14.0. The van der Waals surface area contributed by atoms with E-state index in [0.29, 0.717) is 24.0 Å². The fourth-order valence-corrected chi connectivity index (χ4v) is 2.82. The van der Waals surface area contributed by atoms with Crippen molar-refractivity contribution in [1.29, 1.82) is 0 Å². The van der Waals surface area contributed by atoms with Gasteiger partial charge in [-0.05, 0) is 30.0 Å². The first-order valence-corrected chi connectivity index (χ1v) is 8.52. The van der Waals surface area contributed by atoms with E-state index in [1.807, 2.05) is 18.2 Å². The van der Waals surface area contributed by atoms with Gasteiger partial charge < -0.3 is 20.5 Å². The Labute approximate surface area is 173 Å². The number of nitrogens with one attached hydrogen (secondary N) is 1. The van der Waals surface area contributed by atoms with E-state index in [1.165, 1.54) is 11.1 Å². The van der Waals surface area contributed by atoms with E-state index in [1.54, 1.807) is 14.2 Å². The Bertz CT molecular complexity index is 726. The van der Waals surface area contributed by atoms with E-state index in [0.717, 1.165) is 24.1 Å². The highest BCUT2D eigenvalue weighted by atomic mass is 127. The molecule has 0 aromatic heterocycles. The van der Waals surface area contributed by atoms with Gasteiger partial charge in [0.15, 0.2) is 17.5 Å². The maximum atomic E-state index is 6.13. The van der Waals surface area contributed by atoms with Crippen LogP contribution in [0.25, 0.3) is 0 Å². The summed E-state index contributed by atoms with van der Waals surface area (Å²) in [7, 11) is 3.24. The number of rotatable bonds is 7. The Morgan fingerprint density at radius 3 is 2.08 bits per heavy atom. The molecule has 26 heavy (non-hydrogen) atoms. The zero-order valence-corrected chi connectivity index (χ0v) is 18.2. The van der Waals surface area contributed by atoms with Crippen LogP contribution in [0.2, 0.25) is 0 Å². The molecule has 0 aliphatic rings. The van der Waals surface area contributed by atoms with Gasteiger partial charge in [-0.2, -0.15) is 0 Å². The highest BCUT2D eigenvalue weighted by Gasteiger charge is 2.10. The smallest absolute Gasteiger partial charge is 0.193 e. The number of nitrogens with two attached hydrogens (primary N) is 1. The second kappa shape index (κ2) is 10.9. The normalized spacial score (nSPS) is 10.8. The topological polar surface area (TPSA) is 68.9 Å². The maximum absolute atomic E-state index is 6.13. The van der Waals surface area contributed by atoms with Gasteiger partial charge in [-0.1, -0.05) is 44.2 Å². The summed E-state index contributed by atoms with van der Waals surface area (Å²) in [5.41, 5.74) is 10.6. The van der Waals surface area contributed by atoms with Crippen LogP contribution in [0.15, 0.2) is 41.4 Å². The number of aryl methyl sites for hydroxylation is 2. The summed E-state index contributed by atoms with van der Waals surface area (Å²) >= 11 is 0. The summed E-state index contributed by atoms with van der Waals surface area (Å²) in [6.07, 6.45) is 1.88. The fourth-order valence-electron chi connectivity index (χ4n) is 2.82. The second-order valence-corrected chi connectivity index (χ2v) is 5.64. The number of halogens is 1. The van der Waals surface area contributed by atoms with Crippen molar-refractivity contribution in [1.82, 2.24) is 0 Å². The van der Waals surface area contributed by atoms with Crippen molar-refractivity contribution in [2.75, 3.05) is 19.5 Å². The van der Waals surface area contributed by atoms with Crippen molar-refractivity contribution in [2.45, 2.75) is 33.2 Å². The number of hydrogen-bond donors (Lipinski definition) is 2. The lowest BCUT2D eigenvalue weighted by molar-refractivity contribution is 0.352. The van der Waals surface area contributed by atoms with Crippen molar-refractivity contribution in [3.8, 4) is 11.5 Å². The van der Waals surface area contributed by atoms with Crippen molar-refractivity contribution in [2.24, 2.45) is 10.7 Å². The molecule has 3 N–H and O–H groups in total. The lowest BCUT2D eigenvalue weighted by Gasteiger charge is -2.15.